The van der Waals surface area contributed by atoms with Crippen molar-refractivity contribution in [3.8, 4) is 0 Å². The van der Waals surface area contributed by atoms with E-state index in [0.717, 1.165) is 0 Å². The fourth-order valence-corrected chi connectivity index (χ4v) is 1.90. The molecule has 0 saturated heterocycles. The topological polar surface area (TPSA) is 71.2 Å². The van der Waals surface area contributed by atoms with Crippen LogP contribution in [0, 0.1) is 5.82 Å². The minimum atomic E-state index is -0.344. The molecule has 6 heteroatoms. The maximum Gasteiger partial charge on any atom is 0.261 e. The quantitative estimate of drug-likeness (QED) is 0.662. The molecule has 0 atom stereocenters. The molecule has 0 aliphatic carbocycles. The van der Waals surface area contributed by atoms with Crippen LogP contribution in [0.4, 0.5) is 15.8 Å². The summed E-state index contributed by atoms with van der Waals surface area (Å²) in [6, 6.07) is 7.37. The van der Waals surface area contributed by atoms with Crippen LogP contribution in [-0.2, 0) is 0 Å². The summed E-state index contributed by atoms with van der Waals surface area (Å²) in [5.74, 6) is 4.80. The number of rotatable bonds is 4. The third-order valence-electron chi connectivity index (χ3n) is 2.91. The Hall–Kier alpha value is -2.47. The lowest BCUT2D eigenvalue weighted by molar-refractivity contribution is 0.0988. The number of hydrogen-bond acceptors (Lipinski definition) is 4. The summed E-state index contributed by atoms with van der Waals surface area (Å²) in [5.41, 5.74) is 3.94. The number of nitrogens with zero attached hydrogens (tertiary/aromatic N) is 2. The monoisotopic (exact) mass is 274 g/mol. The Morgan fingerprint density at radius 1 is 1.35 bits per heavy atom. The van der Waals surface area contributed by atoms with Gasteiger partial charge in [-0.1, -0.05) is 0 Å². The minimum absolute atomic E-state index is 0.250. The van der Waals surface area contributed by atoms with Crippen molar-refractivity contribution in [3.63, 3.8) is 0 Å². The Morgan fingerprint density at radius 2 is 2.05 bits per heavy atom. The number of benzene rings is 1. The summed E-state index contributed by atoms with van der Waals surface area (Å²) in [4.78, 5) is 18.0. The summed E-state index contributed by atoms with van der Waals surface area (Å²) in [5, 5.41) is 0. The van der Waals surface area contributed by atoms with E-state index in [9.17, 15) is 9.18 Å². The molecular formula is C14H15FN4O. The fourth-order valence-electron chi connectivity index (χ4n) is 1.90. The Morgan fingerprint density at radius 3 is 2.65 bits per heavy atom. The van der Waals surface area contributed by atoms with Crippen LogP contribution in [-0.4, -0.2) is 17.4 Å². The van der Waals surface area contributed by atoms with Gasteiger partial charge < -0.3 is 10.3 Å². The molecule has 5 nitrogen and oxygen atoms in total. The summed E-state index contributed by atoms with van der Waals surface area (Å²) >= 11 is 0. The van der Waals surface area contributed by atoms with E-state index in [1.165, 1.54) is 23.2 Å². The Balaban J connectivity index is 2.36. The first-order chi connectivity index (χ1) is 9.67. The molecule has 20 heavy (non-hydrogen) atoms. The number of aromatic nitrogens is 1. The van der Waals surface area contributed by atoms with Crippen LogP contribution in [0.25, 0.3) is 0 Å². The van der Waals surface area contributed by atoms with Gasteiger partial charge in [0.1, 0.15) is 5.82 Å². The number of carbonyl (C=O) groups is 1. The molecule has 0 aliphatic heterocycles. The average molecular weight is 274 g/mol. The second-order valence-electron chi connectivity index (χ2n) is 4.09. The maximum absolute atomic E-state index is 13.0. The molecule has 0 bridgehead atoms. The number of nitrogens with one attached hydrogen (secondary N) is 1. The zero-order valence-electron chi connectivity index (χ0n) is 11.0. The Kier molecular flexibility index (Phi) is 4.27. The third kappa shape index (κ3) is 2.75. The molecule has 3 N–H and O–H groups in total. The third-order valence-corrected chi connectivity index (χ3v) is 2.91. The summed E-state index contributed by atoms with van der Waals surface area (Å²) in [7, 11) is 0. The van der Waals surface area contributed by atoms with Crippen molar-refractivity contribution in [3.05, 3.63) is 54.1 Å². The number of anilines is 2. The van der Waals surface area contributed by atoms with Crippen molar-refractivity contribution < 1.29 is 9.18 Å². The fraction of sp³-hybridized carbons (Fsp3) is 0.143. The Bertz CT molecular complexity index is 600. The molecule has 0 saturated carbocycles. The van der Waals surface area contributed by atoms with Crippen LogP contribution in [0.3, 0.4) is 0 Å². The van der Waals surface area contributed by atoms with E-state index in [4.69, 9.17) is 5.84 Å². The van der Waals surface area contributed by atoms with Gasteiger partial charge in [-0.3, -0.25) is 15.6 Å². The van der Waals surface area contributed by atoms with Gasteiger partial charge in [-0.05, 0) is 37.3 Å². The largest absolute Gasteiger partial charge is 0.323 e. The predicted molar refractivity (Wildman–Crippen MR) is 75.8 cm³/mol. The van der Waals surface area contributed by atoms with Crippen LogP contribution in [0.1, 0.15) is 17.3 Å². The number of pyridine rings is 1. The minimum Gasteiger partial charge on any atom is -0.323 e. The normalized spacial score (nSPS) is 10.2. The number of amides is 1. The van der Waals surface area contributed by atoms with Crippen LogP contribution < -0.4 is 16.2 Å². The van der Waals surface area contributed by atoms with Gasteiger partial charge in [0.2, 0.25) is 0 Å². The molecule has 1 heterocycles. The van der Waals surface area contributed by atoms with E-state index in [-0.39, 0.29) is 11.7 Å². The number of nitrogens with two attached hydrogens (primary N) is 1. The van der Waals surface area contributed by atoms with Gasteiger partial charge in [0.15, 0.2) is 0 Å². The summed E-state index contributed by atoms with van der Waals surface area (Å²) < 4.78 is 13.0. The van der Waals surface area contributed by atoms with Crippen molar-refractivity contribution in [1.82, 2.24) is 4.98 Å². The van der Waals surface area contributed by atoms with E-state index in [0.29, 0.717) is 23.5 Å². The number of carbonyl (C=O) groups excluding carboxylic acids is 1. The molecule has 0 radical (unpaired) electrons. The van der Waals surface area contributed by atoms with E-state index in [1.807, 2.05) is 6.92 Å². The second kappa shape index (κ2) is 6.12. The number of nitrogen functional groups attached to an aromatic ring is 1. The van der Waals surface area contributed by atoms with Gasteiger partial charge >= 0.3 is 0 Å². The van der Waals surface area contributed by atoms with Crippen molar-refractivity contribution in [2.45, 2.75) is 6.92 Å². The van der Waals surface area contributed by atoms with E-state index in [2.05, 4.69) is 10.4 Å². The molecule has 2 aromatic rings. The summed E-state index contributed by atoms with van der Waals surface area (Å²) in [6.45, 7) is 2.29. The smallest absolute Gasteiger partial charge is 0.261 e. The molecular weight excluding hydrogens is 259 g/mol. The van der Waals surface area contributed by atoms with Crippen LogP contribution in [0.5, 0.6) is 0 Å². The summed E-state index contributed by atoms with van der Waals surface area (Å²) in [6.07, 6.45) is 2.99. The highest BCUT2D eigenvalue weighted by atomic mass is 19.1. The first kappa shape index (κ1) is 14.0. The molecule has 0 aliphatic rings. The van der Waals surface area contributed by atoms with Gasteiger partial charge in [0, 0.05) is 24.6 Å². The molecule has 0 fully saturated rings. The lowest BCUT2D eigenvalue weighted by Gasteiger charge is -2.22. The van der Waals surface area contributed by atoms with Gasteiger partial charge in [-0.15, -0.1) is 0 Å². The van der Waals surface area contributed by atoms with E-state index >= 15 is 0 Å². The van der Waals surface area contributed by atoms with Gasteiger partial charge in [0.05, 0.1) is 11.3 Å². The molecule has 0 unspecified atom stereocenters. The molecule has 1 aromatic carbocycles. The highest BCUT2D eigenvalue weighted by molar-refractivity contribution is 6.09. The molecule has 1 aromatic heterocycles. The Labute approximate surface area is 116 Å². The maximum atomic E-state index is 13.0. The van der Waals surface area contributed by atoms with E-state index in [1.54, 1.807) is 24.4 Å². The highest BCUT2D eigenvalue weighted by Gasteiger charge is 2.19. The van der Waals surface area contributed by atoms with E-state index < -0.39 is 0 Å². The van der Waals surface area contributed by atoms with Crippen LogP contribution in [0.2, 0.25) is 0 Å². The van der Waals surface area contributed by atoms with Crippen molar-refractivity contribution in [2.75, 3.05) is 16.9 Å². The SMILES string of the molecule is CCN(C(=O)c1cnccc1NN)c1ccc(F)cc1. The zero-order valence-corrected chi connectivity index (χ0v) is 11.0. The molecule has 2 rings (SSSR count). The number of hydrogen-bond donors (Lipinski definition) is 2. The zero-order chi connectivity index (χ0) is 14.5. The molecule has 104 valence electrons. The standard InChI is InChI=1S/C14H15FN4O/c1-2-19(11-5-3-10(15)4-6-11)14(20)12-9-17-8-7-13(12)18-16/h3-9H,2,16H2,1H3,(H,17,18). The van der Waals surface area contributed by atoms with Gasteiger partial charge in [-0.25, -0.2) is 4.39 Å². The van der Waals surface area contributed by atoms with Gasteiger partial charge in [-0.2, -0.15) is 0 Å². The van der Waals surface area contributed by atoms with Crippen molar-refractivity contribution in [1.29, 1.82) is 0 Å². The molecule has 0 spiro atoms. The number of hydrazine groups is 1. The average Bonchev–Trinajstić information content (AvgIpc) is 2.49. The van der Waals surface area contributed by atoms with Crippen LogP contribution >= 0.6 is 0 Å². The molecule has 1 amide bonds. The lowest BCUT2D eigenvalue weighted by Crippen LogP contribution is -2.31. The second-order valence-corrected chi connectivity index (χ2v) is 4.09. The van der Waals surface area contributed by atoms with Crippen molar-refractivity contribution >= 4 is 17.3 Å². The number of halogens is 1. The lowest BCUT2D eigenvalue weighted by atomic mass is 10.2. The van der Waals surface area contributed by atoms with Gasteiger partial charge in [0.25, 0.3) is 5.91 Å². The highest BCUT2D eigenvalue weighted by Crippen LogP contribution is 2.20. The first-order valence-electron chi connectivity index (χ1n) is 6.15. The van der Waals surface area contributed by atoms with Crippen LogP contribution in [0.15, 0.2) is 42.7 Å². The first-order valence-corrected chi connectivity index (χ1v) is 6.15. The van der Waals surface area contributed by atoms with Crippen molar-refractivity contribution in [2.24, 2.45) is 5.84 Å². The predicted octanol–water partition coefficient (Wildman–Crippen LogP) is 2.17.